The Morgan fingerprint density at radius 3 is 2.75 bits per heavy atom. The first kappa shape index (κ1) is 16.6. The van der Waals surface area contributed by atoms with Gasteiger partial charge in [0.15, 0.2) is 17.0 Å². The number of amides is 1. The molecule has 1 aliphatic heterocycles. The fourth-order valence-corrected chi connectivity index (χ4v) is 3.14. The molecule has 24 heavy (non-hydrogen) atoms. The summed E-state index contributed by atoms with van der Waals surface area (Å²) in [5.41, 5.74) is 1.34. The van der Waals surface area contributed by atoms with Crippen molar-refractivity contribution >= 4 is 22.9 Å². The van der Waals surface area contributed by atoms with Crippen molar-refractivity contribution in [2.24, 2.45) is 0 Å². The van der Waals surface area contributed by atoms with Crippen molar-refractivity contribution in [3.63, 3.8) is 0 Å². The third-order valence-electron chi connectivity index (χ3n) is 4.61. The summed E-state index contributed by atoms with van der Waals surface area (Å²) in [4.78, 5) is 29.1. The number of carbonyl (C=O) groups is 1. The number of anilines is 1. The summed E-state index contributed by atoms with van der Waals surface area (Å²) in [5.74, 6) is 0.752. The van der Waals surface area contributed by atoms with Gasteiger partial charge in [0.2, 0.25) is 5.91 Å². The molecule has 0 aliphatic carbocycles. The molecule has 0 saturated carbocycles. The van der Waals surface area contributed by atoms with E-state index in [0.717, 1.165) is 32.4 Å². The van der Waals surface area contributed by atoms with Gasteiger partial charge >= 0.3 is 0 Å². The van der Waals surface area contributed by atoms with E-state index in [-0.39, 0.29) is 25.1 Å². The van der Waals surface area contributed by atoms with Crippen LogP contribution in [0.2, 0.25) is 0 Å². The molecule has 1 N–H and O–H groups in total. The lowest BCUT2D eigenvalue weighted by molar-refractivity contribution is -0.128. The third-order valence-corrected chi connectivity index (χ3v) is 4.61. The quantitative estimate of drug-likeness (QED) is 0.843. The maximum atomic E-state index is 12.4. The van der Waals surface area contributed by atoms with E-state index in [9.17, 15) is 9.90 Å². The summed E-state index contributed by atoms with van der Waals surface area (Å²) in [5, 5.41) is 9.52. The summed E-state index contributed by atoms with van der Waals surface area (Å²) in [6.45, 7) is 4.00. The Morgan fingerprint density at radius 2 is 2.08 bits per heavy atom. The number of likely N-dealkylation sites (tertiary alicyclic amines) is 1. The van der Waals surface area contributed by atoms with Crippen LogP contribution in [0.1, 0.15) is 32.2 Å². The summed E-state index contributed by atoms with van der Waals surface area (Å²) in [6.07, 6.45) is 6.11. The number of imidazole rings is 1. The molecule has 1 aliphatic rings. The van der Waals surface area contributed by atoms with Crippen LogP contribution in [0.25, 0.3) is 11.2 Å². The zero-order valence-corrected chi connectivity index (χ0v) is 14.2. The number of carbonyl (C=O) groups excluding carboxylic acids is 1. The highest BCUT2D eigenvalue weighted by molar-refractivity contribution is 5.87. The maximum absolute atomic E-state index is 12.4. The molecule has 3 rings (SSSR count). The van der Waals surface area contributed by atoms with Gasteiger partial charge in [-0.3, -0.25) is 4.79 Å². The van der Waals surface area contributed by atoms with Gasteiger partial charge in [-0.1, -0.05) is 6.92 Å². The Bertz CT molecular complexity index is 706. The van der Waals surface area contributed by atoms with Gasteiger partial charge in [0, 0.05) is 20.1 Å². The minimum Gasteiger partial charge on any atom is -0.394 e. The number of fused-ring (bicyclic) bond motifs is 1. The van der Waals surface area contributed by atoms with Crippen LogP contribution < -0.4 is 4.90 Å². The average molecular weight is 332 g/mol. The highest BCUT2D eigenvalue weighted by Crippen LogP contribution is 2.24. The van der Waals surface area contributed by atoms with Gasteiger partial charge in [-0.05, 0) is 19.3 Å². The highest BCUT2D eigenvalue weighted by Gasteiger charge is 2.22. The van der Waals surface area contributed by atoms with Crippen molar-refractivity contribution in [3.05, 3.63) is 12.7 Å². The maximum Gasteiger partial charge on any atom is 0.242 e. The van der Waals surface area contributed by atoms with Crippen LogP contribution >= 0.6 is 0 Å². The molecular formula is C16H24N6O2. The molecule has 0 bridgehead atoms. The van der Waals surface area contributed by atoms with Gasteiger partial charge in [0.05, 0.1) is 25.5 Å². The summed E-state index contributed by atoms with van der Waals surface area (Å²) < 4.78 is 1.87. The smallest absolute Gasteiger partial charge is 0.242 e. The molecule has 8 nitrogen and oxygen atoms in total. The van der Waals surface area contributed by atoms with Crippen LogP contribution in [-0.4, -0.2) is 68.7 Å². The summed E-state index contributed by atoms with van der Waals surface area (Å²) in [6, 6.07) is -0.0608. The van der Waals surface area contributed by atoms with Crippen LogP contribution in [0, 0.1) is 0 Å². The Hall–Kier alpha value is -2.22. The number of aliphatic hydroxyl groups is 1. The van der Waals surface area contributed by atoms with Gasteiger partial charge in [-0.15, -0.1) is 0 Å². The lowest BCUT2D eigenvalue weighted by Crippen LogP contribution is -2.37. The number of nitrogens with zero attached hydrogens (tertiary/aromatic N) is 6. The second-order valence-electron chi connectivity index (χ2n) is 6.21. The molecule has 2 aromatic rings. The molecule has 0 spiro atoms. The molecule has 2 aromatic heterocycles. The van der Waals surface area contributed by atoms with Gasteiger partial charge in [0.25, 0.3) is 0 Å². The number of rotatable bonds is 6. The fraction of sp³-hybridized carbons (Fsp3) is 0.625. The van der Waals surface area contributed by atoms with Gasteiger partial charge in [-0.2, -0.15) is 0 Å². The number of hydrogen-bond acceptors (Lipinski definition) is 6. The number of aromatic nitrogens is 4. The van der Waals surface area contributed by atoms with E-state index in [1.807, 2.05) is 28.3 Å². The van der Waals surface area contributed by atoms with E-state index < -0.39 is 0 Å². The Kier molecular flexibility index (Phi) is 4.94. The minimum absolute atomic E-state index is 0.0323. The second-order valence-corrected chi connectivity index (χ2v) is 6.21. The molecule has 1 atom stereocenters. The standard InChI is InChI=1S/C16H24N6O2/c1-3-12(9-23)22-11-19-14-15(17-10-18-16(14)22)20(2)8-13(24)21-6-4-5-7-21/h10-12,23H,3-9H2,1-2H3/t12-/m0/s1. The van der Waals surface area contributed by atoms with Crippen LogP contribution in [0.4, 0.5) is 5.82 Å². The Labute approximate surface area is 141 Å². The van der Waals surface area contributed by atoms with E-state index >= 15 is 0 Å². The van der Waals surface area contributed by atoms with Crippen molar-refractivity contribution < 1.29 is 9.90 Å². The van der Waals surface area contributed by atoms with Crippen LogP contribution in [0.3, 0.4) is 0 Å². The van der Waals surface area contributed by atoms with Crippen molar-refractivity contribution in [1.82, 2.24) is 24.4 Å². The predicted molar refractivity (Wildman–Crippen MR) is 90.8 cm³/mol. The molecule has 1 saturated heterocycles. The van der Waals surface area contributed by atoms with Crippen molar-refractivity contribution in [1.29, 1.82) is 0 Å². The zero-order valence-electron chi connectivity index (χ0n) is 14.2. The van der Waals surface area contributed by atoms with E-state index in [2.05, 4.69) is 15.0 Å². The largest absolute Gasteiger partial charge is 0.394 e. The highest BCUT2D eigenvalue weighted by atomic mass is 16.3. The summed E-state index contributed by atoms with van der Waals surface area (Å²) in [7, 11) is 1.85. The molecule has 1 fully saturated rings. The predicted octanol–water partition coefficient (Wildman–Crippen LogP) is 0.828. The first-order valence-corrected chi connectivity index (χ1v) is 8.43. The molecule has 130 valence electrons. The molecule has 0 aromatic carbocycles. The Morgan fingerprint density at radius 1 is 1.33 bits per heavy atom. The average Bonchev–Trinajstić information content (AvgIpc) is 3.25. The van der Waals surface area contributed by atoms with Crippen molar-refractivity contribution in [3.8, 4) is 0 Å². The topological polar surface area (TPSA) is 87.4 Å². The van der Waals surface area contributed by atoms with E-state index in [0.29, 0.717) is 17.0 Å². The molecule has 1 amide bonds. The molecule has 0 radical (unpaired) electrons. The lowest BCUT2D eigenvalue weighted by atomic mass is 10.2. The number of hydrogen-bond donors (Lipinski definition) is 1. The fourth-order valence-electron chi connectivity index (χ4n) is 3.14. The third kappa shape index (κ3) is 3.06. The first-order chi connectivity index (χ1) is 11.7. The Balaban J connectivity index is 1.85. The van der Waals surface area contributed by atoms with Crippen LogP contribution in [-0.2, 0) is 4.79 Å². The van der Waals surface area contributed by atoms with Gasteiger partial charge in [-0.25, -0.2) is 15.0 Å². The monoisotopic (exact) mass is 332 g/mol. The van der Waals surface area contributed by atoms with E-state index in [1.165, 1.54) is 6.33 Å². The van der Waals surface area contributed by atoms with Crippen molar-refractivity contribution in [2.45, 2.75) is 32.2 Å². The zero-order chi connectivity index (χ0) is 17.1. The number of aliphatic hydroxyl groups excluding tert-OH is 1. The molecule has 8 heteroatoms. The SMILES string of the molecule is CC[C@@H](CO)n1cnc2c(N(C)CC(=O)N3CCCC3)ncnc21. The first-order valence-electron chi connectivity index (χ1n) is 8.43. The molecular weight excluding hydrogens is 308 g/mol. The lowest BCUT2D eigenvalue weighted by Gasteiger charge is -2.22. The number of likely N-dealkylation sites (N-methyl/N-ethyl adjacent to an activating group) is 1. The minimum atomic E-state index is -0.0608. The van der Waals surface area contributed by atoms with Crippen LogP contribution in [0.15, 0.2) is 12.7 Å². The van der Waals surface area contributed by atoms with Crippen molar-refractivity contribution in [2.75, 3.05) is 38.2 Å². The van der Waals surface area contributed by atoms with E-state index in [1.54, 1.807) is 6.33 Å². The molecule has 3 heterocycles. The van der Waals surface area contributed by atoms with Crippen LogP contribution in [0.5, 0.6) is 0 Å². The second kappa shape index (κ2) is 7.12. The van der Waals surface area contributed by atoms with Gasteiger partial charge < -0.3 is 19.5 Å². The summed E-state index contributed by atoms with van der Waals surface area (Å²) >= 11 is 0. The molecule has 0 unspecified atom stereocenters. The normalized spacial score (nSPS) is 15.9. The van der Waals surface area contributed by atoms with E-state index in [4.69, 9.17) is 0 Å². The van der Waals surface area contributed by atoms with Gasteiger partial charge in [0.1, 0.15) is 6.33 Å².